The van der Waals surface area contributed by atoms with E-state index in [1.54, 1.807) is 18.2 Å². The van der Waals surface area contributed by atoms with Gasteiger partial charge in [-0.05, 0) is 17.7 Å². The lowest BCUT2D eigenvalue weighted by atomic mass is 10.2. The molecule has 1 saturated heterocycles. The van der Waals surface area contributed by atoms with Crippen molar-refractivity contribution in [1.29, 1.82) is 0 Å². The minimum absolute atomic E-state index is 0.210. The number of nitrogens with zero attached hydrogens (tertiary/aromatic N) is 1. The molecule has 1 aromatic heterocycles. The maximum absolute atomic E-state index is 11.6. The van der Waals surface area contributed by atoms with Crippen LogP contribution in [0.3, 0.4) is 0 Å². The van der Waals surface area contributed by atoms with E-state index in [2.05, 4.69) is 14.7 Å². The van der Waals surface area contributed by atoms with Gasteiger partial charge in [-0.15, -0.1) is 0 Å². The Morgan fingerprint density at radius 3 is 2.67 bits per heavy atom. The van der Waals surface area contributed by atoms with Crippen molar-refractivity contribution in [2.75, 3.05) is 13.1 Å². The Morgan fingerprint density at radius 2 is 1.94 bits per heavy atom. The number of aromatic amines is 2. The first-order valence-corrected chi connectivity index (χ1v) is 6.94. The fraction of sp³-hybridized carbons (Fsp3) is 0.300. The van der Waals surface area contributed by atoms with Crippen LogP contribution in [0, 0.1) is 0 Å². The number of aromatic nitrogens is 2. The molecule has 0 radical (unpaired) electrons. The molecule has 96 valence electrons. The predicted octanol–water partition coefficient (Wildman–Crippen LogP) is -0.494. The van der Waals surface area contributed by atoms with E-state index in [1.807, 2.05) is 0 Å². The van der Waals surface area contributed by atoms with Crippen LogP contribution in [0.2, 0.25) is 0 Å². The standard InChI is InChI=1S/C10H12N4O3S/c15-10-12-8-2-1-7(5-9(8)13-10)6-11-18(16,17)14-3-4-14/h1-2,5,11H,3-4,6H2,(H2,12,13,15). The quantitative estimate of drug-likeness (QED) is 0.652. The lowest BCUT2D eigenvalue weighted by Crippen LogP contribution is -2.29. The van der Waals surface area contributed by atoms with Crippen molar-refractivity contribution in [3.05, 3.63) is 34.2 Å². The molecule has 1 aliphatic rings. The van der Waals surface area contributed by atoms with Gasteiger partial charge in [0.2, 0.25) is 0 Å². The van der Waals surface area contributed by atoms with E-state index >= 15 is 0 Å². The first-order chi connectivity index (χ1) is 8.54. The third-order valence-corrected chi connectivity index (χ3v) is 4.34. The van der Waals surface area contributed by atoms with Crippen LogP contribution in [-0.2, 0) is 16.8 Å². The molecule has 1 aliphatic heterocycles. The van der Waals surface area contributed by atoms with E-state index in [0.717, 1.165) is 5.56 Å². The summed E-state index contributed by atoms with van der Waals surface area (Å²) in [4.78, 5) is 16.3. The Bertz CT molecular complexity index is 742. The number of nitrogens with one attached hydrogen (secondary N) is 3. The number of hydrogen-bond acceptors (Lipinski definition) is 3. The summed E-state index contributed by atoms with van der Waals surface area (Å²) in [6.07, 6.45) is 0. The van der Waals surface area contributed by atoms with Gasteiger partial charge in [-0.2, -0.15) is 17.4 Å². The summed E-state index contributed by atoms with van der Waals surface area (Å²) in [6, 6.07) is 5.27. The molecular formula is C10H12N4O3S. The number of fused-ring (bicyclic) bond motifs is 1. The zero-order chi connectivity index (χ0) is 12.8. The molecule has 0 aliphatic carbocycles. The van der Waals surface area contributed by atoms with Gasteiger partial charge in [-0.3, -0.25) is 0 Å². The van der Waals surface area contributed by atoms with E-state index < -0.39 is 10.2 Å². The van der Waals surface area contributed by atoms with E-state index in [9.17, 15) is 13.2 Å². The molecule has 0 bridgehead atoms. The fourth-order valence-corrected chi connectivity index (χ4v) is 2.83. The van der Waals surface area contributed by atoms with E-state index in [-0.39, 0.29) is 12.2 Å². The molecule has 0 saturated carbocycles. The van der Waals surface area contributed by atoms with Gasteiger partial charge >= 0.3 is 5.69 Å². The normalized spacial score (nSPS) is 16.2. The van der Waals surface area contributed by atoms with Crippen molar-refractivity contribution in [3.8, 4) is 0 Å². The fourth-order valence-electron chi connectivity index (χ4n) is 1.74. The van der Waals surface area contributed by atoms with Crippen LogP contribution in [0.4, 0.5) is 0 Å². The molecule has 3 N–H and O–H groups in total. The zero-order valence-corrected chi connectivity index (χ0v) is 10.3. The zero-order valence-electron chi connectivity index (χ0n) is 9.43. The average Bonchev–Trinajstić information content (AvgIpc) is 3.09. The molecule has 18 heavy (non-hydrogen) atoms. The second-order valence-electron chi connectivity index (χ2n) is 4.18. The summed E-state index contributed by atoms with van der Waals surface area (Å²) in [5.74, 6) is 0. The monoisotopic (exact) mass is 268 g/mol. The van der Waals surface area contributed by atoms with Crippen LogP contribution < -0.4 is 10.4 Å². The lowest BCUT2D eigenvalue weighted by molar-refractivity contribution is 0.547. The highest BCUT2D eigenvalue weighted by Crippen LogP contribution is 2.13. The van der Waals surface area contributed by atoms with Gasteiger partial charge in [0.05, 0.1) is 11.0 Å². The third kappa shape index (κ3) is 2.17. The highest BCUT2D eigenvalue weighted by atomic mass is 32.2. The molecule has 2 aromatic rings. The van der Waals surface area contributed by atoms with Gasteiger partial charge in [-0.1, -0.05) is 6.07 Å². The summed E-state index contributed by atoms with van der Waals surface area (Å²) in [5, 5.41) is 0. The smallest absolute Gasteiger partial charge is 0.306 e. The minimum Gasteiger partial charge on any atom is -0.306 e. The Hall–Kier alpha value is -1.64. The summed E-state index contributed by atoms with van der Waals surface area (Å²) in [6.45, 7) is 1.38. The lowest BCUT2D eigenvalue weighted by Gasteiger charge is -2.06. The SMILES string of the molecule is O=c1[nH]c2ccc(CNS(=O)(=O)N3CC3)cc2[nH]1. The average molecular weight is 268 g/mol. The third-order valence-electron chi connectivity index (χ3n) is 2.79. The van der Waals surface area contributed by atoms with Gasteiger partial charge in [-0.25, -0.2) is 4.79 Å². The molecule has 1 aromatic carbocycles. The molecule has 1 fully saturated rings. The second kappa shape index (κ2) is 3.94. The summed E-state index contributed by atoms with van der Waals surface area (Å²) < 4.78 is 27.0. The maximum atomic E-state index is 11.6. The summed E-state index contributed by atoms with van der Waals surface area (Å²) >= 11 is 0. The topological polar surface area (TPSA) is 97.8 Å². The Morgan fingerprint density at radius 1 is 1.22 bits per heavy atom. The number of rotatable bonds is 4. The Kier molecular flexibility index (Phi) is 2.51. The van der Waals surface area contributed by atoms with Crippen LogP contribution in [0.1, 0.15) is 5.56 Å². The van der Waals surface area contributed by atoms with Crippen LogP contribution in [0.15, 0.2) is 23.0 Å². The first-order valence-electron chi connectivity index (χ1n) is 5.50. The van der Waals surface area contributed by atoms with Crippen LogP contribution >= 0.6 is 0 Å². The number of benzene rings is 1. The molecule has 2 heterocycles. The number of H-pyrrole nitrogens is 2. The van der Waals surface area contributed by atoms with Crippen molar-refractivity contribution in [2.45, 2.75) is 6.54 Å². The highest BCUT2D eigenvalue weighted by molar-refractivity contribution is 7.87. The molecule has 0 atom stereocenters. The van der Waals surface area contributed by atoms with Gasteiger partial charge in [0, 0.05) is 19.6 Å². The largest absolute Gasteiger partial charge is 0.323 e. The van der Waals surface area contributed by atoms with E-state index in [1.165, 1.54) is 4.31 Å². The van der Waals surface area contributed by atoms with Crippen LogP contribution in [0.5, 0.6) is 0 Å². The number of hydrogen-bond donors (Lipinski definition) is 3. The molecule has 7 nitrogen and oxygen atoms in total. The van der Waals surface area contributed by atoms with E-state index in [0.29, 0.717) is 24.1 Å². The highest BCUT2D eigenvalue weighted by Gasteiger charge is 2.31. The second-order valence-corrected chi connectivity index (χ2v) is 5.94. The van der Waals surface area contributed by atoms with E-state index in [4.69, 9.17) is 0 Å². The van der Waals surface area contributed by atoms with Gasteiger partial charge < -0.3 is 9.97 Å². The Labute approximate surface area is 103 Å². The molecule has 0 amide bonds. The maximum Gasteiger partial charge on any atom is 0.323 e. The summed E-state index contributed by atoms with van der Waals surface area (Å²) in [7, 11) is -3.33. The van der Waals surface area contributed by atoms with Crippen molar-refractivity contribution >= 4 is 21.2 Å². The van der Waals surface area contributed by atoms with Crippen molar-refractivity contribution < 1.29 is 8.42 Å². The predicted molar refractivity (Wildman–Crippen MR) is 66.3 cm³/mol. The molecule has 0 unspecified atom stereocenters. The first kappa shape index (κ1) is 11.5. The van der Waals surface area contributed by atoms with Crippen molar-refractivity contribution in [2.24, 2.45) is 0 Å². The molecule has 8 heteroatoms. The van der Waals surface area contributed by atoms with Gasteiger partial charge in [0.1, 0.15) is 0 Å². The van der Waals surface area contributed by atoms with Gasteiger partial charge in [0.25, 0.3) is 10.2 Å². The van der Waals surface area contributed by atoms with Crippen LogP contribution in [-0.4, -0.2) is 35.8 Å². The van der Waals surface area contributed by atoms with Crippen molar-refractivity contribution in [1.82, 2.24) is 19.0 Å². The van der Waals surface area contributed by atoms with Crippen molar-refractivity contribution in [3.63, 3.8) is 0 Å². The Balaban J connectivity index is 1.80. The minimum atomic E-state index is -3.33. The number of imidazole rings is 1. The molecular weight excluding hydrogens is 256 g/mol. The summed E-state index contributed by atoms with van der Waals surface area (Å²) in [5.41, 5.74) is 1.90. The van der Waals surface area contributed by atoms with Crippen LogP contribution in [0.25, 0.3) is 11.0 Å². The molecule has 3 rings (SSSR count). The molecule has 0 spiro atoms. The van der Waals surface area contributed by atoms with Gasteiger partial charge in [0.15, 0.2) is 0 Å².